The second kappa shape index (κ2) is 8.11. The average Bonchev–Trinajstić information content (AvgIpc) is 2.67. The average molecular weight is 348 g/mol. The summed E-state index contributed by atoms with van der Waals surface area (Å²) in [5.41, 5.74) is 3.46. The Labute approximate surface area is 152 Å². The van der Waals surface area contributed by atoms with Gasteiger partial charge in [-0.05, 0) is 36.8 Å². The van der Waals surface area contributed by atoms with Crippen LogP contribution in [0.25, 0.3) is 0 Å². The number of nitrogens with one attached hydrogen (secondary N) is 2. The fourth-order valence-electron chi connectivity index (χ4n) is 2.42. The fraction of sp³-hybridized carbons (Fsp3) is 0.150. The number of hydrogen-bond acceptors (Lipinski definition) is 5. The maximum absolute atomic E-state index is 12.2. The van der Waals surface area contributed by atoms with Gasteiger partial charge in [-0.15, -0.1) is 0 Å². The number of hydrogen-bond donors (Lipinski definition) is 2. The highest BCUT2D eigenvalue weighted by Gasteiger charge is 2.07. The number of carbonyl (C=O) groups excluding carboxylic acids is 1. The van der Waals surface area contributed by atoms with E-state index in [1.54, 1.807) is 7.11 Å². The molecule has 0 saturated heterocycles. The SMILES string of the molecule is COc1ccc(Nc2ncc(C(=O)NCc3cccc(C)c3)cn2)cc1. The number of benzene rings is 2. The lowest BCUT2D eigenvalue weighted by Gasteiger charge is -2.08. The number of aryl methyl sites for hydroxylation is 1. The van der Waals surface area contributed by atoms with Crippen molar-refractivity contribution in [2.45, 2.75) is 13.5 Å². The van der Waals surface area contributed by atoms with Crippen LogP contribution in [0.3, 0.4) is 0 Å². The molecule has 0 atom stereocenters. The molecule has 6 nitrogen and oxygen atoms in total. The maximum atomic E-state index is 12.2. The summed E-state index contributed by atoms with van der Waals surface area (Å²) in [6, 6.07) is 15.4. The Bertz CT molecular complexity index is 877. The van der Waals surface area contributed by atoms with Gasteiger partial charge in [-0.2, -0.15) is 0 Å². The fourth-order valence-corrected chi connectivity index (χ4v) is 2.42. The number of ether oxygens (including phenoxy) is 1. The van der Waals surface area contributed by atoms with Crippen molar-refractivity contribution in [1.29, 1.82) is 0 Å². The van der Waals surface area contributed by atoms with E-state index in [4.69, 9.17) is 4.74 Å². The molecule has 0 radical (unpaired) electrons. The molecule has 0 aliphatic carbocycles. The van der Waals surface area contributed by atoms with Crippen LogP contribution in [0.2, 0.25) is 0 Å². The Hall–Kier alpha value is -3.41. The van der Waals surface area contributed by atoms with E-state index >= 15 is 0 Å². The van der Waals surface area contributed by atoms with Crippen molar-refractivity contribution in [2.24, 2.45) is 0 Å². The number of amides is 1. The molecule has 0 aliphatic heterocycles. The van der Waals surface area contributed by atoms with Gasteiger partial charge in [-0.1, -0.05) is 29.8 Å². The van der Waals surface area contributed by atoms with Crippen LogP contribution in [-0.4, -0.2) is 23.0 Å². The van der Waals surface area contributed by atoms with Gasteiger partial charge in [0.2, 0.25) is 5.95 Å². The van der Waals surface area contributed by atoms with Crippen molar-refractivity contribution in [3.8, 4) is 5.75 Å². The second-order valence-corrected chi connectivity index (χ2v) is 5.82. The Kier molecular flexibility index (Phi) is 5.43. The summed E-state index contributed by atoms with van der Waals surface area (Å²) in [7, 11) is 1.62. The monoisotopic (exact) mass is 348 g/mol. The first-order valence-corrected chi connectivity index (χ1v) is 8.21. The summed E-state index contributed by atoms with van der Waals surface area (Å²) in [6.07, 6.45) is 3.01. The summed E-state index contributed by atoms with van der Waals surface area (Å²) < 4.78 is 5.12. The molecule has 0 saturated carbocycles. The van der Waals surface area contributed by atoms with Crippen molar-refractivity contribution in [3.63, 3.8) is 0 Å². The third-order valence-electron chi connectivity index (χ3n) is 3.80. The van der Waals surface area contributed by atoms with Crippen molar-refractivity contribution in [2.75, 3.05) is 12.4 Å². The van der Waals surface area contributed by atoms with E-state index in [1.807, 2.05) is 55.5 Å². The Morgan fingerprint density at radius 3 is 2.46 bits per heavy atom. The highest BCUT2D eigenvalue weighted by atomic mass is 16.5. The van der Waals surface area contributed by atoms with Gasteiger partial charge in [-0.3, -0.25) is 4.79 Å². The first kappa shape index (κ1) is 17.4. The molecule has 1 aromatic heterocycles. The molecule has 0 spiro atoms. The topological polar surface area (TPSA) is 76.1 Å². The van der Waals surface area contributed by atoms with E-state index in [2.05, 4.69) is 20.6 Å². The predicted octanol–water partition coefficient (Wildman–Crippen LogP) is 3.47. The molecule has 0 fully saturated rings. The van der Waals surface area contributed by atoms with Crippen molar-refractivity contribution < 1.29 is 9.53 Å². The highest BCUT2D eigenvalue weighted by Crippen LogP contribution is 2.17. The highest BCUT2D eigenvalue weighted by molar-refractivity contribution is 5.93. The number of rotatable bonds is 6. The van der Waals surface area contributed by atoms with E-state index in [9.17, 15) is 4.79 Å². The molecular formula is C20H20N4O2. The van der Waals surface area contributed by atoms with Crippen LogP contribution >= 0.6 is 0 Å². The largest absolute Gasteiger partial charge is 0.497 e. The van der Waals surface area contributed by atoms with Gasteiger partial charge in [0, 0.05) is 24.6 Å². The normalized spacial score (nSPS) is 10.2. The number of anilines is 2. The maximum Gasteiger partial charge on any atom is 0.254 e. The van der Waals surface area contributed by atoms with Crippen LogP contribution in [0.1, 0.15) is 21.5 Å². The predicted molar refractivity (Wildman–Crippen MR) is 101 cm³/mol. The van der Waals surface area contributed by atoms with Crippen molar-refractivity contribution >= 4 is 17.5 Å². The third-order valence-corrected chi connectivity index (χ3v) is 3.80. The minimum absolute atomic E-state index is 0.206. The van der Waals surface area contributed by atoms with Crippen molar-refractivity contribution in [3.05, 3.63) is 77.6 Å². The van der Waals surface area contributed by atoms with E-state index < -0.39 is 0 Å². The Balaban J connectivity index is 1.58. The first-order chi connectivity index (χ1) is 12.6. The zero-order chi connectivity index (χ0) is 18.4. The van der Waals surface area contributed by atoms with Crippen molar-refractivity contribution in [1.82, 2.24) is 15.3 Å². The summed E-state index contributed by atoms with van der Waals surface area (Å²) in [5.74, 6) is 0.991. The van der Waals surface area contributed by atoms with Gasteiger partial charge in [0.25, 0.3) is 5.91 Å². The molecular weight excluding hydrogens is 328 g/mol. The van der Waals surface area contributed by atoms with Gasteiger partial charge in [-0.25, -0.2) is 9.97 Å². The molecule has 3 rings (SSSR count). The van der Waals surface area contributed by atoms with E-state index in [1.165, 1.54) is 12.4 Å². The lowest BCUT2D eigenvalue weighted by Crippen LogP contribution is -2.23. The Morgan fingerprint density at radius 2 is 1.81 bits per heavy atom. The minimum Gasteiger partial charge on any atom is -0.497 e. The molecule has 1 heterocycles. The third kappa shape index (κ3) is 4.57. The van der Waals surface area contributed by atoms with Gasteiger partial charge in [0.15, 0.2) is 0 Å². The van der Waals surface area contributed by atoms with Gasteiger partial charge >= 0.3 is 0 Å². The molecule has 26 heavy (non-hydrogen) atoms. The summed E-state index contributed by atoms with van der Waals surface area (Å²) in [5, 5.41) is 5.95. The number of nitrogens with zero attached hydrogens (tertiary/aromatic N) is 2. The van der Waals surface area contributed by atoms with Crippen LogP contribution in [-0.2, 0) is 6.54 Å². The molecule has 0 unspecified atom stereocenters. The van der Waals surface area contributed by atoms with E-state index in [-0.39, 0.29) is 5.91 Å². The number of aromatic nitrogens is 2. The Morgan fingerprint density at radius 1 is 1.08 bits per heavy atom. The van der Waals surface area contributed by atoms with Crippen LogP contribution in [0.15, 0.2) is 60.9 Å². The molecule has 6 heteroatoms. The summed E-state index contributed by atoms with van der Waals surface area (Å²) in [4.78, 5) is 20.6. The zero-order valence-electron chi connectivity index (χ0n) is 14.7. The smallest absolute Gasteiger partial charge is 0.254 e. The molecule has 2 N–H and O–H groups in total. The lowest BCUT2D eigenvalue weighted by atomic mass is 10.1. The molecule has 132 valence electrons. The lowest BCUT2D eigenvalue weighted by molar-refractivity contribution is 0.0950. The number of carbonyl (C=O) groups is 1. The zero-order valence-corrected chi connectivity index (χ0v) is 14.7. The first-order valence-electron chi connectivity index (χ1n) is 8.21. The molecule has 3 aromatic rings. The molecule has 0 bridgehead atoms. The van der Waals surface area contributed by atoms with Crippen LogP contribution < -0.4 is 15.4 Å². The van der Waals surface area contributed by atoms with E-state index in [0.29, 0.717) is 18.1 Å². The van der Waals surface area contributed by atoms with Crippen LogP contribution in [0.4, 0.5) is 11.6 Å². The van der Waals surface area contributed by atoms with Gasteiger partial charge in [0.1, 0.15) is 5.75 Å². The molecule has 0 aliphatic rings. The minimum atomic E-state index is -0.206. The summed E-state index contributed by atoms with van der Waals surface area (Å²) >= 11 is 0. The number of methoxy groups -OCH3 is 1. The molecule has 2 aromatic carbocycles. The quantitative estimate of drug-likeness (QED) is 0.713. The van der Waals surface area contributed by atoms with Gasteiger partial charge < -0.3 is 15.4 Å². The standard InChI is InChI=1S/C20H20N4O2/c1-14-4-3-5-15(10-14)11-21-19(25)16-12-22-20(23-13-16)24-17-6-8-18(26-2)9-7-17/h3-10,12-13H,11H2,1-2H3,(H,21,25)(H,22,23,24). The van der Waals surface area contributed by atoms with E-state index in [0.717, 1.165) is 22.6 Å². The van der Waals surface area contributed by atoms with Crippen LogP contribution in [0.5, 0.6) is 5.75 Å². The van der Waals surface area contributed by atoms with Crippen LogP contribution in [0, 0.1) is 6.92 Å². The van der Waals surface area contributed by atoms with Gasteiger partial charge in [0.05, 0.1) is 12.7 Å². The summed E-state index contributed by atoms with van der Waals surface area (Å²) in [6.45, 7) is 2.49. The second-order valence-electron chi connectivity index (χ2n) is 5.82. The molecule has 1 amide bonds.